The van der Waals surface area contributed by atoms with Gasteiger partial charge in [-0.2, -0.15) is 0 Å². The van der Waals surface area contributed by atoms with E-state index in [0.717, 1.165) is 8.95 Å². The smallest absolute Gasteiger partial charge is 0.228 e. The molecular formula is C6H3Br3O3P+. The van der Waals surface area contributed by atoms with E-state index in [0.29, 0.717) is 10.2 Å². The van der Waals surface area contributed by atoms with Crippen LogP contribution in [0.1, 0.15) is 0 Å². The summed E-state index contributed by atoms with van der Waals surface area (Å²) in [4.78, 5) is 8.53. The largest absolute Gasteiger partial charge is 0.747 e. The Balaban J connectivity index is 3.10. The highest BCUT2D eigenvalue weighted by atomic mass is 79.9. The summed E-state index contributed by atoms with van der Waals surface area (Å²) >= 11 is 9.77. The SMILES string of the molecule is O=[P+](O)Oc1ccc(Br)c(Br)c1Br. The van der Waals surface area contributed by atoms with Gasteiger partial charge >= 0.3 is 8.25 Å². The van der Waals surface area contributed by atoms with Crippen molar-refractivity contribution in [3.63, 3.8) is 0 Å². The minimum absolute atomic E-state index is 0.318. The maximum atomic E-state index is 10.4. The van der Waals surface area contributed by atoms with Crippen molar-refractivity contribution in [2.45, 2.75) is 0 Å². The second-order valence-corrected chi connectivity index (χ2v) is 5.10. The maximum absolute atomic E-state index is 10.4. The molecule has 0 fully saturated rings. The number of hydrogen-bond acceptors (Lipinski definition) is 2. The van der Waals surface area contributed by atoms with E-state index in [-0.39, 0.29) is 0 Å². The standard InChI is InChI=1S/C6H2Br3O3P/c7-3-1-2-4(12-13(10)11)6(9)5(3)8/h1-2H/p+1. The zero-order valence-electron chi connectivity index (χ0n) is 6.00. The van der Waals surface area contributed by atoms with Crippen molar-refractivity contribution < 1.29 is 14.0 Å². The van der Waals surface area contributed by atoms with Gasteiger partial charge in [0.2, 0.25) is 5.75 Å². The Morgan fingerprint density at radius 3 is 2.38 bits per heavy atom. The Kier molecular flexibility index (Phi) is 4.32. The zero-order chi connectivity index (χ0) is 10.0. The van der Waals surface area contributed by atoms with Gasteiger partial charge in [0.15, 0.2) is 0 Å². The third-order valence-electron chi connectivity index (χ3n) is 1.18. The van der Waals surface area contributed by atoms with E-state index in [1.54, 1.807) is 12.1 Å². The Morgan fingerprint density at radius 1 is 1.23 bits per heavy atom. The lowest BCUT2D eigenvalue weighted by atomic mass is 10.3. The van der Waals surface area contributed by atoms with Crippen LogP contribution in [0.5, 0.6) is 5.75 Å². The molecule has 0 spiro atoms. The normalized spacial score (nSPS) is 11.2. The maximum Gasteiger partial charge on any atom is 0.747 e. The predicted octanol–water partition coefficient (Wildman–Crippen LogP) is 4.00. The van der Waals surface area contributed by atoms with Gasteiger partial charge in [-0.3, -0.25) is 0 Å². The van der Waals surface area contributed by atoms with Gasteiger partial charge in [-0.15, -0.1) is 4.89 Å². The van der Waals surface area contributed by atoms with E-state index in [2.05, 4.69) is 52.3 Å². The average Bonchev–Trinajstić information content (AvgIpc) is 2.06. The van der Waals surface area contributed by atoms with Crippen LogP contribution in [0.15, 0.2) is 25.6 Å². The Hall–Kier alpha value is 0.520. The van der Waals surface area contributed by atoms with Crippen LogP contribution in [-0.2, 0) is 4.57 Å². The van der Waals surface area contributed by atoms with Gasteiger partial charge in [0, 0.05) is 13.5 Å². The summed E-state index contributed by atoms with van der Waals surface area (Å²) in [5.74, 6) is 0.318. The quantitative estimate of drug-likeness (QED) is 0.610. The monoisotopic (exact) mass is 391 g/mol. The number of hydrogen-bond donors (Lipinski definition) is 1. The first-order valence-corrected chi connectivity index (χ1v) is 6.51. The summed E-state index contributed by atoms with van der Waals surface area (Å²) < 4.78 is 17.2. The van der Waals surface area contributed by atoms with Gasteiger partial charge in [-0.05, 0) is 59.9 Å². The molecule has 0 amide bonds. The molecule has 0 saturated heterocycles. The van der Waals surface area contributed by atoms with Gasteiger partial charge in [-0.25, -0.2) is 4.52 Å². The highest BCUT2D eigenvalue weighted by Gasteiger charge is 2.19. The van der Waals surface area contributed by atoms with Crippen molar-refractivity contribution in [1.29, 1.82) is 0 Å². The molecule has 1 rings (SSSR count). The van der Waals surface area contributed by atoms with Crippen LogP contribution in [0.25, 0.3) is 0 Å². The zero-order valence-corrected chi connectivity index (χ0v) is 11.7. The van der Waals surface area contributed by atoms with Crippen LogP contribution in [0.2, 0.25) is 0 Å². The van der Waals surface area contributed by atoms with Gasteiger partial charge in [-0.1, -0.05) is 0 Å². The fraction of sp³-hybridized carbons (Fsp3) is 0. The summed E-state index contributed by atoms with van der Waals surface area (Å²) in [7, 11) is -2.63. The predicted molar refractivity (Wildman–Crippen MR) is 60.0 cm³/mol. The second kappa shape index (κ2) is 4.84. The van der Waals surface area contributed by atoms with Crippen LogP contribution >= 0.6 is 56.0 Å². The van der Waals surface area contributed by atoms with E-state index in [1.165, 1.54) is 0 Å². The lowest BCUT2D eigenvalue weighted by molar-refractivity contribution is 0.409. The first-order valence-electron chi connectivity index (χ1n) is 3.00. The molecule has 0 aromatic heterocycles. The van der Waals surface area contributed by atoms with Crippen LogP contribution in [0.3, 0.4) is 0 Å². The minimum Gasteiger partial charge on any atom is -0.228 e. The molecule has 3 nitrogen and oxygen atoms in total. The van der Waals surface area contributed by atoms with E-state index in [9.17, 15) is 4.57 Å². The molecule has 1 unspecified atom stereocenters. The Bertz CT molecular complexity index is 355. The topological polar surface area (TPSA) is 46.5 Å². The molecule has 7 heteroatoms. The first kappa shape index (κ1) is 11.6. The molecule has 0 radical (unpaired) electrons. The summed E-state index contributed by atoms with van der Waals surface area (Å²) in [6.45, 7) is 0. The molecule has 0 saturated carbocycles. The lowest BCUT2D eigenvalue weighted by Gasteiger charge is -2.00. The van der Waals surface area contributed by atoms with E-state index in [1.807, 2.05) is 0 Å². The molecular weight excluding hydrogens is 391 g/mol. The lowest BCUT2D eigenvalue weighted by Crippen LogP contribution is -1.83. The van der Waals surface area contributed by atoms with Crippen molar-refractivity contribution >= 4 is 56.0 Å². The molecule has 1 aromatic carbocycles. The third kappa shape index (κ3) is 2.99. The van der Waals surface area contributed by atoms with Crippen molar-refractivity contribution in [3.05, 3.63) is 25.6 Å². The van der Waals surface area contributed by atoms with Gasteiger partial charge in [0.05, 0.1) is 4.47 Å². The highest BCUT2D eigenvalue weighted by molar-refractivity contribution is 9.14. The van der Waals surface area contributed by atoms with Gasteiger partial charge in [0.1, 0.15) is 0 Å². The summed E-state index contributed by atoms with van der Waals surface area (Å²) in [5, 5.41) is 0. The summed E-state index contributed by atoms with van der Waals surface area (Å²) in [6, 6.07) is 3.30. The molecule has 13 heavy (non-hydrogen) atoms. The number of benzene rings is 1. The van der Waals surface area contributed by atoms with Crippen LogP contribution in [-0.4, -0.2) is 4.89 Å². The van der Waals surface area contributed by atoms with E-state index in [4.69, 9.17) is 4.89 Å². The third-order valence-corrected chi connectivity index (χ3v) is 4.87. The molecule has 1 N–H and O–H groups in total. The fourth-order valence-electron chi connectivity index (χ4n) is 0.663. The van der Waals surface area contributed by atoms with Gasteiger partial charge in [0.25, 0.3) is 0 Å². The summed E-state index contributed by atoms with van der Waals surface area (Å²) in [5.41, 5.74) is 0. The van der Waals surface area contributed by atoms with Crippen molar-refractivity contribution in [1.82, 2.24) is 0 Å². The van der Waals surface area contributed by atoms with Crippen LogP contribution in [0.4, 0.5) is 0 Å². The van der Waals surface area contributed by atoms with E-state index >= 15 is 0 Å². The van der Waals surface area contributed by atoms with Gasteiger partial charge < -0.3 is 0 Å². The van der Waals surface area contributed by atoms with Crippen LogP contribution in [0, 0.1) is 0 Å². The molecule has 0 heterocycles. The van der Waals surface area contributed by atoms with Crippen molar-refractivity contribution in [3.8, 4) is 5.75 Å². The Morgan fingerprint density at radius 2 is 1.85 bits per heavy atom. The summed E-state index contributed by atoms with van der Waals surface area (Å²) in [6.07, 6.45) is 0. The fourth-order valence-corrected chi connectivity index (χ4v) is 2.46. The van der Waals surface area contributed by atoms with Crippen LogP contribution < -0.4 is 4.52 Å². The first-order chi connectivity index (χ1) is 6.02. The van der Waals surface area contributed by atoms with Crippen molar-refractivity contribution in [2.75, 3.05) is 0 Å². The minimum atomic E-state index is -2.63. The average molecular weight is 394 g/mol. The molecule has 0 aliphatic carbocycles. The molecule has 0 bridgehead atoms. The molecule has 70 valence electrons. The number of rotatable bonds is 2. The molecule has 0 aliphatic rings. The molecule has 0 aliphatic heterocycles. The molecule has 1 atom stereocenters. The highest BCUT2D eigenvalue weighted by Crippen LogP contribution is 2.40. The molecule has 1 aromatic rings. The Labute approximate surface area is 101 Å². The van der Waals surface area contributed by atoms with E-state index < -0.39 is 8.25 Å². The second-order valence-electron chi connectivity index (χ2n) is 2.00. The van der Waals surface area contributed by atoms with Crippen molar-refractivity contribution in [2.24, 2.45) is 0 Å². The number of halogens is 3.